The van der Waals surface area contributed by atoms with Crippen LogP contribution < -0.4 is 20.1 Å². The maximum atomic E-state index is 5.98. The predicted molar refractivity (Wildman–Crippen MR) is 139 cm³/mol. The summed E-state index contributed by atoms with van der Waals surface area (Å²) < 4.78 is 22.2. The Balaban J connectivity index is 0.00000512. The van der Waals surface area contributed by atoms with Gasteiger partial charge in [0.15, 0.2) is 17.5 Å². The van der Waals surface area contributed by atoms with E-state index in [1.165, 1.54) is 0 Å². The van der Waals surface area contributed by atoms with Crippen LogP contribution in [0.1, 0.15) is 25.0 Å². The van der Waals surface area contributed by atoms with Gasteiger partial charge in [0.2, 0.25) is 0 Å². The number of rotatable bonds is 13. The van der Waals surface area contributed by atoms with E-state index in [0.717, 1.165) is 22.6 Å². The van der Waals surface area contributed by atoms with Crippen LogP contribution >= 0.6 is 24.0 Å². The van der Waals surface area contributed by atoms with Gasteiger partial charge >= 0.3 is 0 Å². The zero-order valence-corrected chi connectivity index (χ0v) is 21.8. The lowest BCUT2D eigenvalue weighted by molar-refractivity contribution is 0.0453. The van der Waals surface area contributed by atoms with Gasteiger partial charge in [0.25, 0.3) is 0 Å². The van der Waals surface area contributed by atoms with E-state index in [0.29, 0.717) is 45.5 Å². The molecule has 2 aromatic rings. The molecule has 0 amide bonds. The molecule has 0 fully saturated rings. The Morgan fingerprint density at radius 2 is 1.69 bits per heavy atom. The molecule has 1 atom stereocenters. The van der Waals surface area contributed by atoms with Crippen LogP contribution in [0.15, 0.2) is 53.5 Å². The fraction of sp³-hybridized carbons (Fsp3) is 0.458. The van der Waals surface area contributed by atoms with Gasteiger partial charge in [-0.25, -0.2) is 0 Å². The van der Waals surface area contributed by atoms with Gasteiger partial charge in [0.05, 0.1) is 33.5 Å². The summed E-state index contributed by atoms with van der Waals surface area (Å²) in [5.41, 5.74) is 2.30. The van der Waals surface area contributed by atoms with E-state index in [4.69, 9.17) is 18.9 Å². The molecule has 0 aliphatic carbocycles. The van der Waals surface area contributed by atoms with E-state index in [-0.39, 0.29) is 30.1 Å². The van der Waals surface area contributed by atoms with Crippen LogP contribution in [0.5, 0.6) is 11.5 Å². The normalized spacial score (nSPS) is 11.9. The first kappa shape index (κ1) is 28.0. The fourth-order valence-corrected chi connectivity index (χ4v) is 2.90. The smallest absolute Gasteiger partial charge is 0.191 e. The summed E-state index contributed by atoms with van der Waals surface area (Å²) in [5.74, 6) is 2.16. The van der Waals surface area contributed by atoms with E-state index in [2.05, 4.69) is 33.8 Å². The Morgan fingerprint density at radius 1 is 0.969 bits per heavy atom. The Bertz CT molecular complexity index is 804. The van der Waals surface area contributed by atoms with Crippen LogP contribution in [0.2, 0.25) is 0 Å². The quantitative estimate of drug-likeness (QED) is 0.168. The van der Waals surface area contributed by atoms with Crippen LogP contribution in [-0.2, 0) is 22.6 Å². The number of aliphatic imine (C=N–C) groups is 1. The third kappa shape index (κ3) is 10.5. The van der Waals surface area contributed by atoms with Gasteiger partial charge in [-0.2, -0.15) is 0 Å². The number of methoxy groups -OCH3 is 1. The summed E-state index contributed by atoms with van der Waals surface area (Å²) in [5, 5.41) is 6.64. The molecule has 32 heavy (non-hydrogen) atoms. The van der Waals surface area contributed by atoms with Crippen molar-refractivity contribution in [2.24, 2.45) is 4.99 Å². The molecule has 178 valence electrons. The molecule has 2 N–H and O–H groups in total. The summed E-state index contributed by atoms with van der Waals surface area (Å²) in [7, 11) is 3.39. The van der Waals surface area contributed by atoms with Crippen molar-refractivity contribution in [2.45, 2.75) is 33.1 Å². The lowest BCUT2D eigenvalue weighted by Gasteiger charge is -2.19. The zero-order chi connectivity index (χ0) is 22.3. The third-order valence-corrected chi connectivity index (χ3v) is 4.47. The molecule has 0 aliphatic heterocycles. The second-order valence-corrected chi connectivity index (χ2v) is 6.96. The number of hydrogen-bond donors (Lipinski definition) is 2. The molecule has 1 unspecified atom stereocenters. The second-order valence-electron chi connectivity index (χ2n) is 6.96. The monoisotopic (exact) mass is 557 g/mol. The Hall–Kier alpha value is -2.04. The van der Waals surface area contributed by atoms with Crippen molar-refractivity contribution >= 4 is 29.9 Å². The maximum absolute atomic E-state index is 5.98. The summed E-state index contributed by atoms with van der Waals surface area (Å²) >= 11 is 0. The number of para-hydroxylation sites is 2. The van der Waals surface area contributed by atoms with Gasteiger partial charge in [-0.15, -0.1) is 24.0 Å². The molecule has 0 saturated carbocycles. The molecule has 8 heteroatoms. The Morgan fingerprint density at radius 3 is 2.41 bits per heavy atom. The zero-order valence-electron chi connectivity index (χ0n) is 19.4. The largest absolute Gasteiger partial charge is 0.493 e. The number of halogens is 1. The first-order valence-corrected chi connectivity index (χ1v) is 10.6. The molecule has 2 aromatic carbocycles. The highest BCUT2D eigenvalue weighted by molar-refractivity contribution is 14.0. The molecule has 0 radical (unpaired) electrons. The van der Waals surface area contributed by atoms with E-state index in [1.54, 1.807) is 14.2 Å². The lowest BCUT2D eigenvalue weighted by atomic mass is 10.1. The van der Waals surface area contributed by atoms with Crippen molar-refractivity contribution < 1.29 is 18.9 Å². The summed E-state index contributed by atoms with van der Waals surface area (Å²) in [6, 6.07) is 15.9. The van der Waals surface area contributed by atoms with Crippen molar-refractivity contribution in [3.05, 3.63) is 59.7 Å². The molecular formula is C24H36IN3O4. The molecule has 2 rings (SSSR count). The van der Waals surface area contributed by atoms with Crippen molar-refractivity contribution in [2.75, 3.05) is 40.5 Å². The number of guanidine groups is 1. The van der Waals surface area contributed by atoms with Crippen molar-refractivity contribution in [1.29, 1.82) is 0 Å². The summed E-state index contributed by atoms with van der Waals surface area (Å²) in [6.07, 6.45) is -0.0629. The minimum Gasteiger partial charge on any atom is -0.493 e. The van der Waals surface area contributed by atoms with Crippen molar-refractivity contribution in [1.82, 2.24) is 10.6 Å². The van der Waals surface area contributed by atoms with E-state index >= 15 is 0 Å². The maximum Gasteiger partial charge on any atom is 0.191 e. The van der Waals surface area contributed by atoms with Crippen LogP contribution in [0.3, 0.4) is 0 Å². The fourth-order valence-electron chi connectivity index (χ4n) is 2.90. The number of hydrogen-bond acceptors (Lipinski definition) is 5. The Kier molecular flexibility index (Phi) is 14.5. The highest BCUT2D eigenvalue weighted by atomic mass is 127. The van der Waals surface area contributed by atoms with Crippen LogP contribution in [-0.4, -0.2) is 52.6 Å². The summed E-state index contributed by atoms with van der Waals surface area (Å²) in [4.78, 5) is 4.29. The van der Waals surface area contributed by atoms with E-state index in [9.17, 15) is 0 Å². The third-order valence-electron chi connectivity index (χ3n) is 4.47. The number of nitrogens with one attached hydrogen (secondary N) is 2. The van der Waals surface area contributed by atoms with Gasteiger partial charge in [0, 0.05) is 20.2 Å². The minimum absolute atomic E-state index is 0. The van der Waals surface area contributed by atoms with E-state index in [1.807, 2.05) is 44.2 Å². The molecule has 7 nitrogen and oxygen atoms in total. The van der Waals surface area contributed by atoms with Crippen LogP contribution in [0, 0.1) is 0 Å². The average molecular weight is 557 g/mol. The molecule has 0 heterocycles. The van der Waals surface area contributed by atoms with Gasteiger partial charge in [-0.05, 0) is 37.1 Å². The minimum atomic E-state index is -0.0629. The predicted octanol–water partition coefficient (Wildman–Crippen LogP) is 4.00. The van der Waals surface area contributed by atoms with Crippen LogP contribution in [0.25, 0.3) is 0 Å². The standard InChI is InChI=1S/C24H35N3O4.HI/c1-5-29-13-14-30-18-21-10-8-9-20(15-21)17-27-24(25-3)26-16-19(2)31-23-12-7-6-11-22(23)28-4;/h6-12,15,19H,5,13-14,16-18H2,1-4H3,(H2,25,26,27);1H. The topological polar surface area (TPSA) is 73.3 Å². The average Bonchev–Trinajstić information content (AvgIpc) is 2.79. The van der Waals surface area contributed by atoms with Crippen molar-refractivity contribution in [3.8, 4) is 11.5 Å². The van der Waals surface area contributed by atoms with Crippen molar-refractivity contribution in [3.63, 3.8) is 0 Å². The lowest BCUT2D eigenvalue weighted by Crippen LogP contribution is -2.41. The number of ether oxygens (including phenoxy) is 4. The van der Waals surface area contributed by atoms with Gasteiger partial charge in [-0.1, -0.05) is 36.4 Å². The SMILES string of the molecule is CCOCCOCc1cccc(CNC(=NC)NCC(C)Oc2ccccc2OC)c1.I. The molecule has 0 spiro atoms. The van der Waals surface area contributed by atoms with Gasteiger partial charge < -0.3 is 29.6 Å². The molecule has 0 saturated heterocycles. The highest BCUT2D eigenvalue weighted by Crippen LogP contribution is 2.26. The highest BCUT2D eigenvalue weighted by Gasteiger charge is 2.09. The Labute approximate surface area is 208 Å². The second kappa shape index (κ2) is 16.6. The van der Waals surface area contributed by atoms with Crippen LogP contribution in [0.4, 0.5) is 0 Å². The molecule has 0 aliphatic rings. The van der Waals surface area contributed by atoms with Gasteiger partial charge in [0.1, 0.15) is 6.10 Å². The first-order chi connectivity index (χ1) is 15.2. The molecule has 0 aromatic heterocycles. The molecular weight excluding hydrogens is 521 g/mol. The first-order valence-electron chi connectivity index (χ1n) is 10.6. The number of benzene rings is 2. The van der Waals surface area contributed by atoms with E-state index < -0.39 is 0 Å². The summed E-state index contributed by atoms with van der Waals surface area (Å²) in [6.45, 7) is 7.76. The van der Waals surface area contributed by atoms with Gasteiger partial charge in [-0.3, -0.25) is 4.99 Å². The molecule has 0 bridgehead atoms. The number of nitrogens with zero attached hydrogens (tertiary/aromatic N) is 1.